The van der Waals surface area contributed by atoms with Crippen LogP contribution in [0, 0.1) is 0 Å². The van der Waals surface area contributed by atoms with E-state index in [1.165, 1.54) is 0 Å². The van der Waals surface area contributed by atoms with Crippen molar-refractivity contribution in [1.82, 2.24) is 5.32 Å². The van der Waals surface area contributed by atoms with Gasteiger partial charge >= 0.3 is 5.97 Å². The van der Waals surface area contributed by atoms with Gasteiger partial charge in [0.1, 0.15) is 6.04 Å². The topological polar surface area (TPSA) is 92.4 Å². The van der Waals surface area contributed by atoms with Crippen molar-refractivity contribution < 1.29 is 14.7 Å². The minimum Gasteiger partial charge on any atom is -0.480 e. The number of carboxylic acid groups (broad SMARTS) is 1. The third-order valence-electron chi connectivity index (χ3n) is 2.10. The summed E-state index contributed by atoms with van der Waals surface area (Å²) in [7, 11) is 0. The second-order valence-electron chi connectivity index (χ2n) is 3.43. The van der Waals surface area contributed by atoms with Gasteiger partial charge in [-0.05, 0) is 12.0 Å². The summed E-state index contributed by atoms with van der Waals surface area (Å²) in [6, 6.07) is 8.40. The zero-order valence-corrected chi connectivity index (χ0v) is 8.72. The number of carboxylic acids is 1. The molecule has 1 rings (SSSR count). The molecule has 1 amide bonds. The van der Waals surface area contributed by atoms with Crippen LogP contribution in [0.5, 0.6) is 0 Å². The van der Waals surface area contributed by atoms with Crippen LogP contribution >= 0.6 is 0 Å². The molecule has 0 aliphatic carbocycles. The Bertz CT molecular complexity index is 365. The zero-order chi connectivity index (χ0) is 12.0. The molecule has 1 aromatic rings. The third kappa shape index (κ3) is 4.10. The Labute approximate surface area is 93.3 Å². The molecule has 0 saturated carbocycles. The highest BCUT2D eigenvalue weighted by molar-refractivity contribution is 5.78. The number of rotatable bonds is 6. The first-order valence-electron chi connectivity index (χ1n) is 4.88. The Hall–Kier alpha value is -1.88. The van der Waals surface area contributed by atoms with Crippen molar-refractivity contribution in [2.24, 2.45) is 5.73 Å². The summed E-state index contributed by atoms with van der Waals surface area (Å²) < 4.78 is 0. The molecular weight excluding hydrogens is 208 g/mol. The molecule has 0 aromatic heterocycles. The van der Waals surface area contributed by atoms with Crippen LogP contribution in [0.4, 0.5) is 0 Å². The summed E-state index contributed by atoms with van der Waals surface area (Å²) in [4.78, 5) is 21.4. The maximum absolute atomic E-state index is 10.9. The average molecular weight is 222 g/mol. The second-order valence-corrected chi connectivity index (χ2v) is 3.43. The molecule has 86 valence electrons. The number of aliphatic carboxylic acids is 1. The number of nitrogens with one attached hydrogen (secondary N) is 1. The molecule has 0 bridgehead atoms. The third-order valence-corrected chi connectivity index (χ3v) is 2.10. The van der Waals surface area contributed by atoms with Crippen molar-refractivity contribution in [2.75, 3.05) is 6.54 Å². The van der Waals surface area contributed by atoms with E-state index in [-0.39, 0.29) is 6.54 Å². The van der Waals surface area contributed by atoms with Crippen LogP contribution in [0.1, 0.15) is 5.56 Å². The number of primary amides is 1. The van der Waals surface area contributed by atoms with Gasteiger partial charge in [-0.3, -0.25) is 14.9 Å². The molecule has 5 heteroatoms. The lowest BCUT2D eigenvalue weighted by Gasteiger charge is -2.13. The summed E-state index contributed by atoms with van der Waals surface area (Å²) in [6.45, 7) is -0.135. The minimum atomic E-state index is -0.995. The number of hydrogen-bond donors (Lipinski definition) is 3. The van der Waals surface area contributed by atoms with Crippen LogP contribution in [-0.2, 0) is 16.0 Å². The number of amides is 1. The molecule has 0 saturated heterocycles. The molecule has 0 fully saturated rings. The van der Waals surface area contributed by atoms with Crippen LogP contribution in [-0.4, -0.2) is 29.6 Å². The summed E-state index contributed by atoms with van der Waals surface area (Å²) in [5, 5.41) is 11.5. The zero-order valence-electron chi connectivity index (χ0n) is 8.72. The van der Waals surface area contributed by atoms with Gasteiger partial charge in [0.2, 0.25) is 5.91 Å². The van der Waals surface area contributed by atoms with Crippen LogP contribution in [0.2, 0.25) is 0 Å². The molecule has 16 heavy (non-hydrogen) atoms. The lowest BCUT2D eigenvalue weighted by atomic mass is 10.1. The molecule has 0 aliphatic heterocycles. The maximum atomic E-state index is 10.9. The van der Waals surface area contributed by atoms with Crippen molar-refractivity contribution in [3.63, 3.8) is 0 Å². The quantitative estimate of drug-likeness (QED) is 0.619. The van der Waals surface area contributed by atoms with E-state index < -0.39 is 17.9 Å². The minimum absolute atomic E-state index is 0.135. The Morgan fingerprint density at radius 2 is 1.94 bits per heavy atom. The van der Waals surface area contributed by atoms with E-state index in [2.05, 4.69) is 5.32 Å². The van der Waals surface area contributed by atoms with Gasteiger partial charge in [0, 0.05) is 0 Å². The number of hydrogen-bond acceptors (Lipinski definition) is 3. The lowest BCUT2D eigenvalue weighted by Crippen LogP contribution is -2.42. The van der Waals surface area contributed by atoms with Gasteiger partial charge in [0.15, 0.2) is 0 Å². The summed E-state index contributed by atoms with van der Waals surface area (Å²) >= 11 is 0. The smallest absolute Gasteiger partial charge is 0.321 e. The van der Waals surface area contributed by atoms with E-state index >= 15 is 0 Å². The first-order valence-corrected chi connectivity index (χ1v) is 4.88. The Kier molecular flexibility index (Phi) is 4.47. The normalized spacial score (nSPS) is 12.0. The SMILES string of the molecule is NC(=O)CN[C@@H](Cc1ccccc1)C(=O)O. The molecule has 0 heterocycles. The van der Waals surface area contributed by atoms with Crippen LogP contribution < -0.4 is 11.1 Å². The van der Waals surface area contributed by atoms with Gasteiger partial charge in [-0.1, -0.05) is 30.3 Å². The number of nitrogens with two attached hydrogens (primary N) is 1. The fourth-order valence-corrected chi connectivity index (χ4v) is 1.32. The average Bonchev–Trinajstić information content (AvgIpc) is 2.25. The van der Waals surface area contributed by atoms with Crippen LogP contribution in [0.15, 0.2) is 30.3 Å². The standard InChI is InChI=1S/C11H14N2O3/c12-10(14)7-13-9(11(15)16)6-8-4-2-1-3-5-8/h1-5,9,13H,6-7H2,(H2,12,14)(H,15,16)/t9-/m0/s1. The highest BCUT2D eigenvalue weighted by atomic mass is 16.4. The van der Waals surface area contributed by atoms with Crippen molar-refractivity contribution in [3.8, 4) is 0 Å². The maximum Gasteiger partial charge on any atom is 0.321 e. The van der Waals surface area contributed by atoms with Gasteiger partial charge in [-0.15, -0.1) is 0 Å². The largest absolute Gasteiger partial charge is 0.480 e. The van der Waals surface area contributed by atoms with Crippen molar-refractivity contribution in [2.45, 2.75) is 12.5 Å². The fourth-order valence-electron chi connectivity index (χ4n) is 1.32. The summed E-state index contributed by atoms with van der Waals surface area (Å²) in [5.74, 6) is -1.57. The van der Waals surface area contributed by atoms with Crippen LogP contribution in [0.3, 0.4) is 0 Å². The molecule has 1 aromatic carbocycles. The second kappa shape index (κ2) is 5.87. The van der Waals surface area contributed by atoms with Gasteiger partial charge in [0.05, 0.1) is 6.54 Å². The van der Waals surface area contributed by atoms with Gasteiger partial charge in [0.25, 0.3) is 0 Å². The Morgan fingerprint density at radius 3 is 2.44 bits per heavy atom. The van der Waals surface area contributed by atoms with E-state index in [1.54, 1.807) is 0 Å². The predicted octanol–water partition coefficient (Wildman–Crippen LogP) is -0.243. The fraction of sp³-hybridized carbons (Fsp3) is 0.273. The van der Waals surface area contributed by atoms with E-state index in [0.717, 1.165) is 5.56 Å². The van der Waals surface area contributed by atoms with Crippen molar-refractivity contribution >= 4 is 11.9 Å². The highest BCUT2D eigenvalue weighted by Gasteiger charge is 2.17. The van der Waals surface area contributed by atoms with Gasteiger partial charge in [-0.25, -0.2) is 0 Å². The first-order chi connectivity index (χ1) is 7.59. The molecule has 0 radical (unpaired) electrons. The van der Waals surface area contributed by atoms with Crippen molar-refractivity contribution in [1.29, 1.82) is 0 Å². The molecule has 1 atom stereocenters. The molecular formula is C11H14N2O3. The summed E-state index contributed by atoms with van der Waals surface area (Å²) in [5.41, 5.74) is 5.84. The summed E-state index contributed by atoms with van der Waals surface area (Å²) in [6.07, 6.45) is 0.323. The van der Waals surface area contributed by atoms with Gasteiger partial charge in [-0.2, -0.15) is 0 Å². The highest BCUT2D eigenvalue weighted by Crippen LogP contribution is 2.03. The molecule has 0 spiro atoms. The van der Waals surface area contributed by atoms with E-state index in [4.69, 9.17) is 10.8 Å². The van der Waals surface area contributed by atoms with E-state index in [9.17, 15) is 9.59 Å². The van der Waals surface area contributed by atoms with Crippen LogP contribution in [0.25, 0.3) is 0 Å². The van der Waals surface area contributed by atoms with E-state index in [1.807, 2.05) is 30.3 Å². The monoisotopic (exact) mass is 222 g/mol. The van der Waals surface area contributed by atoms with Crippen molar-refractivity contribution in [3.05, 3.63) is 35.9 Å². The molecule has 5 nitrogen and oxygen atoms in total. The number of benzene rings is 1. The van der Waals surface area contributed by atoms with E-state index in [0.29, 0.717) is 6.42 Å². The Morgan fingerprint density at radius 1 is 1.31 bits per heavy atom. The Balaban J connectivity index is 2.58. The molecule has 0 unspecified atom stereocenters. The van der Waals surface area contributed by atoms with Gasteiger partial charge < -0.3 is 10.8 Å². The lowest BCUT2D eigenvalue weighted by molar-refractivity contribution is -0.139. The number of carbonyl (C=O) groups excluding carboxylic acids is 1. The molecule has 4 N–H and O–H groups in total. The number of carbonyl (C=O) groups is 2. The molecule has 0 aliphatic rings. The predicted molar refractivity (Wildman–Crippen MR) is 58.8 cm³/mol. The first kappa shape index (κ1) is 12.2.